The fourth-order valence-electron chi connectivity index (χ4n) is 6.32. The standard InChI is InChI=1S/C43H74N12O9/c1-11-16-29(38(60)53-33(24(7)12-2)40(62)51-30(37(59)46-14-4)17-15-20-47-43(44)45)50-42(64)35(27(10)56)55-41(63)34(25(8)13-3)54-39(61)32(23(5)6)52-31(57)22-49-36(58)28-19-18-26(9)48-21-28/h18-19,21,23-25,27,29-30,32-35,56H,11-17,20,22H2,1-10H3,(H,46,59)(H,49,58)(H,50,64)(H,51,62)(H,52,57)(H,53,60)(H,54,61)(H,55,63)(H4,44,45,47)/t24-,25-,27+,29-,30-,32-,33-,34+,35-/m0/s1. The highest BCUT2D eigenvalue weighted by Gasteiger charge is 2.37. The van der Waals surface area contributed by atoms with Gasteiger partial charge in [0.25, 0.3) is 5.91 Å². The smallest absolute Gasteiger partial charge is 0.253 e. The van der Waals surface area contributed by atoms with E-state index in [9.17, 15) is 43.5 Å². The van der Waals surface area contributed by atoms with Crippen LogP contribution in [-0.4, -0.2) is 125 Å². The van der Waals surface area contributed by atoms with Gasteiger partial charge in [0.05, 0.1) is 18.2 Å². The summed E-state index contributed by atoms with van der Waals surface area (Å²) < 4.78 is 0. The minimum Gasteiger partial charge on any atom is -0.391 e. The van der Waals surface area contributed by atoms with Crippen molar-refractivity contribution < 1.29 is 43.5 Å². The van der Waals surface area contributed by atoms with Crippen molar-refractivity contribution in [2.45, 2.75) is 150 Å². The number of hydrogen-bond donors (Lipinski definition) is 11. The van der Waals surface area contributed by atoms with E-state index in [1.165, 1.54) is 13.1 Å². The molecule has 0 radical (unpaired) electrons. The Bertz CT molecular complexity index is 1740. The molecule has 0 saturated heterocycles. The van der Waals surface area contributed by atoms with Crippen LogP contribution >= 0.6 is 0 Å². The number of carbonyl (C=O) groups excluding carboxylic acids is 8. The molecule has 0 aromatic carbocycles. The Hall–Kier alpha value is -5.86. The van der Waals surface area contributed by atoms with Crippen molar-refractivity contribution in [3.8, 4) is 0 Å². The van der Waals surface area contributed by atoms with Gasteiger partial charge in [-0.25, -0.2) is 0 Å². The maximum absolute atomic E-state index is 13.9. The number of aliphatic imine (C=N–C) groups is 1. The number of nitrogens with two attached hydrogens (primary N) is 2. The number of aromatic nitrogens is 1. The minimum atomic E-state index is -1.58. The van der Waals surface area contributed by atoms with Crippen molar-refractivity contribution >= 4 is 53.2 Å². The molecular weight excluding hydrogens is 829 g/mol. The summed E-state index contributed by atoms with van der Waals surface area (Å²) in [5.41, 5.74) is 11.8. The number of aryl methyl sites for hydroxylation is 1. The van der Waals surface area contributed by atoms with Gasteiger partial charge in [0.1, 0.15) is 36.3 Å². The molecule has 0 aliphatic carbocycles. The van der Waals surface area contributed by atoms with Crippen LogP contribution in [0.2, 0.25) is 0 Å². The molecule has 360 valence electrons. The number of guanidine groups is 1. The molecule has 13 N–H and O–H groups in total. The fourth-order valence-corrected chi connectivity index (χ4v) is 6.32. The summed E-state index contributed by atoms with van der Waals surface area (Å²) in [5, 5.41) is 31.9. The first kappa shape index (κ1) is 56.2. The summed E-state index contributed by atoms with van der Waals surface area (Å²) in [7, 11) is 0. The number of nitrogens with zero attached hydrogens (tertiary/aromatic N) is 2. The van der Waals surface area contributed by atoms with E-state index in [-0.39, 0.29) is 30.9 Å². The van der Waals surface area contributed by atoms with Crippen LogP contribution < -0.4 is 54.0 Å². The zero-order chi connectivity index (χ0) is 48.7. The van der Waals surface area contributed by atoms with E-state index in [1.807, 2.05) is 6.92 Å². The van der Waals surface area contributed by atoms with Gasteiger partial charge in [-0.15, -0.1) is 0 Å². The van der Waals surface area contributed by atoms with Gasteiger partial charge >= 0.3 is 0 Å². The van der Waals surface area contributed by atoms with Crippen LogP contribution in [0.25, 0.3) is 0 Å². The number of carbonyl (C=O) groups is 8. The molecule has 0 bridgehead atoms. The number of rotatable bonds is 28. The maximum Gasteiger partial charge on any atom is 0.253 e. The van der Waals surface area contributed by atoms with Gasteiger partial charge in [0.2, 0.25) is 41.4 Å². The summed E-state index contributed by atoms with van der Waals surface area (Å²) in [5.74, 6) is -6.77. The van der Waals surface area contributed by atoms with Crippen LogP contribution in [0, 0.1) is 24.7 Å². The lowest BCUT2D eigenvalue weighted by molar-refractivity contribution is -0.138. The minimum absolute atomic E-state index is 0.106. The highest BCUT2D eigenvalue weighted by molar-refractivity contribution is 5.99. The van der Waals surface area contributed by atoms with Gasteiger partial charge in [-0.1, -0.05) is 67.7 Å². The Morgan fingerprint density at radius 3 is 1.66 bits per heavy atom. The zero-order valence-electron chi connectivity index (χ0n) is 39.1. The molecule has 1 aromatic rings. The molecule has 1 aromatic heterocycles. The molecule has 0 saturated carbocycles. The molecule has 21 heteroatoms. The number of amides is 8. The molecular formula is C43H74N12O9. The second-order valence-electron chi connectivity index (χ2n) is 16.4. The lowest BCUT2D eigenvalue weighted by Crippen LogP contribution is -2.63. The first-order valence-electron chi connectivity index (χ1n) is 22.1. The molecule has 8 amide bonds. The lowest BCUT2D eigenvalue weighted by Gasteiger charge is -2.31. The number of likely N-dealkylation sites (N-methyl/N-ethyl adjacent to an activating group) is 1. The van der Waals surface area contributed by atoms with Gasteiger partial charge in [-0.05, 0) is 69.9 Å². The molecule has 0 aliphatic rings. The van der Waals surface area contributed by atoms with E-state index < -0.39 is 114 Å². The Kier molecular flexibility index (Phi) is 25.2. The number of aliphatic hydroxyl groups is 1. The van der Waals surface area contributed by atoms with Crippen LogP contribution in [0.3, 0.4) is 0 Å². The SMILES string of the molecule is CCC[C@H](NC(=O)[C@@H](NC(=O)[C@H](NC(=O)[C@@H](NC(=O)CNC(=O)c1ccc(C)nc1)C(C)C)[C@@H](C)CC)[C@@H](C)O)C(=O)N[C@H](C(=O)N[C@@H](CCCN=C(N)N)C(=O)NCC)[C@@H](C)CC. The molecule has 0 unspecified atom stereocenters. The van der Waals surface area contributed by atoms with E-state index in [1.54, 1.807) is 67.5 Å². The lowest BCUT2D eigenvalue weighted by atomic mass is 9.95. The van der Waals surface area contributed by atoms with E-state index in [2.05, 4.69) is 52.5 Å². The Balaban J connectivity index is 3.19. The Labute approximate surface area is 377 Å². The van der Waals surface area contributed by atoms with Gasteiger partial charge in [0, 0.05) is 25.0 Å². The van der Waals surface area contributed by atoms with E-state index in [4.69, 9.17) is 11.5 Å². The molecule has 0 spiro atoms. The van der Waals surface area contributed by atoms with Crippen molar-refractivity contribution in [2.75, 3.05) is 19.6 Å². The van der Waals surface area contributed by atoms with Crippen molar-refractivity contribution in [1.82, 2.24) is 47.5 Å². The summed E-state index contributed by atoms with van der Waals surface area (Å²) in [6.45, 7) is 17.1. The van der Waals surface area contributed by atoms with Gasteiger partial charge in [-0.3, -0.25) is 48.3 Å². The second-order valence-corrected chi connectivity index (χ2v) is 16.4. The largest absolute Gasteiger partial charge is 0.391 e. The van der Waals surface area contributed by atoms with Crippen molar-refractivity contribution in [3.05, 3.63) is 29.6 Å². The Morgan fingerprint density at radius 1 is 0.656 bits per heavy atom. The number of hydrogen-bond acceptors (Lipinski definition) is 11. The molecule has 0 aliphatic heterocycles. The van der Waals surface area contributed by atoms with Crippen molar-refractivity contribution in [1.29, 1.82) is 0 Å². The maximum atomic E-state index is 13.9. The van der Waals surface area contributed by atoms with Gasteiger partial charge < -0.3 is 59.1 Å². The average Bonchev–Trinajstić information content (AvgIpc) is 3.24. The number of pyridine rings is 1. The highest BCUT2D eigenvalue weighted by Crippen LogP contribution is 2.14. The van der Waals surface area contributed by atoms with Crippen LogP contribution in [0.15, 0.2) is 23.3 Å². The van der Waals surface area contributed by atoms with E-state index in [0.717, 1.165) is 0 Å². The molecule has 64 heavy (non-hydrogen) atoms. The van der Waals surface area contributed by atoms with Crippen molar-refractivity contribution in [3.63, 3.8) is 0 Å². The predicted molar refractivity (Wildman–Crippen MR) is 242 cm³/mol. The third-order valence-corrected chi connectivity index (χ3v) is 10.6. The Morgan fingerprint density at radius 2 is 1.17 bits per heavy atom. The summed E-state index contributed by atoms with van der Waals surface area (Å²) in [4.78, 5) is 115. The monoisotopic (exact) mass is 903 g/mol. The number of nitrogens with one attached hydrogen (secondary N) is 8. The first-order valence-corrected chi connectivity index (χ1v) is 22.1. The third-order valence-electron chi connectivity index (χ3n) is 10.6. The normalized spacial score (nSPS) is 15.2. The van der Waals surface area contributed by atoms with Crippen LogP contribution in [0.1, 0.15) is 117 Å². The molecule has 21 nitrogen and oxygen atoms in total. The summed E-state index contributed by atoms with van der Waals surface area (Å²) >= 11 is 0. The highest BCUT2D eigenvalue weighted by atomic mass is 16.3. The van der Waals surface area contributed by atoms with Crippen LogP contribution in [0.5, 0.6) is 0 Å². The summed E-state index contributed by atoms with van der Waals surface area (Å²) in [6, 6.07) is -3.97. The molecule has 0 fully saturated rings. The predicted octanol–water partition coefficient (Wildman–Crippen LogP) is -0.853. The van der Waals surface area contributed by atoms with Crippen LogP contribution in [-0.2, 0) is 33.6 Å². The van der Waals surface area contributed by atoms with Crippen LogP contribution in [0.4, 0.5) is 0 Å². The zero-order valence-corrected chi connectivity index (χ0v) is 39.1. The summed E-state index contributed by atoms with van der Waals surface area (Å²) in [6.07, 6.45) is 1.93. The molecule has 1 rings (SSSR count). The average molecular weight is 903 g/mol. The fraction of sp³-hybridized carbons (Fsp3) is 0.674. The number of aliphatic hydroxyl groups excluding tert-OH is 1. The van der Waals surface area contributed by atoms with Crippen molar-refractivity contribution in [2.24, 2.45) is 34.2 Å². The van der Waals surface area contributed by atoms with Gasteiger partial charge in [0.15, 0.2) is 5.96 Å². The first-order chi connectivity index (χ1) is 30.1. The van der Waals surface area contributed by atoms with Gasteiger partial charge in [-0.2, -0.15) is 0 Å². The quantitative estimate of drug-likeness (QED) is 0.0278. The molecule has 9 atom stereocenters. The topological polar surface area (TPSA) is 330 Å². The third kappa shape index (κ3) is 19.3. The second kappa shape index (κ2) is 28.8. The molecule has 1 heterocycles. The van der Waals surface area contributed by atoms with E-state index >= 15 is 0 Å². The van der Waals surface area contributed by atoms with E-state index in [0.29, 0.717) is 37.9 Å².